The number of nitrogens with one attached hydrogen (secondary N) is 2. The van der Waals surface area contributed by atoms with E-state index in [2.05, 4.69) is 15.6 Å². The molecule has 0 spiro atoms. The number of guanidine groups is 1. The van der Waals surface area contributed by atoms with Gasteiger partial charge in [0.05, 0.1) is 11.6 Å². The van der Waals surface area contributed by atoms with Crippen LogP contribution >= 0.6 is 47.2 Å². The Morgan fingerprint density at radius 2 is 1.91 bits per heavy atom. The number of halogens is 6. The van der Waals surface area contributed by atoms with Crippen molar-refractivity contribution < 1.29 is 13.2 Å². The van der Waals surface area contributed by atoms with E-state index in [1.807, 2.05) is 0 Å². The van der Waals surface area contributed by atoms with E-state index in [4.69, 9.17) is 23.2 Å². The van der Waals surface area contributed by atoms with Gasteiger partial charge in [-0.2, -0.15) is 13.2 Å². The molecule has 23 heavy (non-hydrogen) atoms. The van der Waals surface area contributed by atoms with Crippen LogP contribution in [0.4, 0.5) is 13.2 Å². The van der Waals surface area contributed by atoms with Crippen molar-refractivity contribution in [1.29, 1.82) is 0 Å². The Morgan fingerprint density at radius 3 is 2.39 bits per heavy atom. The molecule has 134 valence electrons. The van der Waals surface area contributed by atoms with Gasteiger partial charge in [0.2, 0.25) is 0 Å². The van der Waals surface area contributed by atoms with Crippen molar-refractivity contribution in [2.24, 2.45) is 12.0 Å². The van der Waals surface area contributed by atoms with Crippen molar-refractivity contribution in [2.75, 3.05) is 13.6 Å². The van der Waals surface area contributed by atoms with E-state index in [0.29, 0.717) is 35.6 Å². The monoisotopic (exact) mass is 486 g/mol. The minimum absolute atomic E-state index is 0. The molecule has 0 radical (unpaired) electrons. The maximum Gasteiger partial charge on any atom is 0.389 e. The molecular weight excluding hydrogens is 467 g/mol. The number of aliphatic imine (C=N–C) groups is 1. The normalized spacial score (nSPS) is 12.0. The Labute approximate surface area is 160 Å². The summed E-state index contributed by atoms with van der Waals surface area (Å²) < 4.78 is 37.8. The van der Waals surface area contributed by atoms with Crippen molar-refractivity contribution in [3.05, 3.63) is 21.9 Å². The average molecular weight is 487 g/mol. The summed E-state index contributed by atoms with van der Waals surface area (Å²) in [6.07, 6.45) is -4.34. The third-order valence-corrected chi connectivity index (χ3v) is 3.90. The van der Waals surface area contributed by atoms with Gasteiger partial charge in [-0.3, -0.25) is 4.99 Å². The molecule has 0 bridgehead atoms. The lowest BCUT2D eigenvalue weighted by Gasteiger charge is -2.12. The highest BCUT2D eigenvalue weighted by molar-refractivity contribution is 14.0. The molecule has 0 atom stereocenters. The van der Waals surface area contributed by atoms with Crippen molar-refractivity contribution in [3.63, 3.8) is 0 Å². The average Bonchev–Trinajstić information content (AvgIpc) is 2.68. The predicted octanol–water partition coefficient (Wildman–Crippen LogP) is 4.35. The van der Waals surface area contributed by atoms with Crippen LogP contribution in [0.25, 0.3) is 0 Å². The van der Waals surface area contributed by atoms with Crippen LogP contribution in [0, 0.1) is 0 Å². The molecular formula is C13H20Cl2F3IN4. The molecule has 0 amide bonds. The summed E-state index contributed by atoms with van der Waals surface area (Å²) in [6.45, 7) is 0.871. The Hall–Kier alpha value is -0.350. The highest BCUT2D eigenvalue weighted by Crippen LogP contribution is 2.25. The van der Waals surface area contributed by atoms with Crippen LogP contribution in [0.5, 0.6) is 0 Å². The molecule has 1 aromatic rings. The molecule has 1 aromatic heterocycles. The van der Waals surface area contributed by atoms with E-state index < -0.39 is 12.6 Å². The van der Waals surface area contributed by atoms with Crippen LogP contribution in [0.1, 0.15) is 25.0 Å². The quantitative estimate of drug-likeness (QED) is 0.272. The van der Waals surface area contributed by atoms with E-state index in [1.54, 1.807) is 24.7 Å². The van der Waals surface area contributed by atoms with E-state index in [1.165, 1.54) is 0 Å². The largest absolute Gasteiger partial charge is 0.389 e. The van der Waals surface area contributed by atoms with Gasteiger partial charge in [0.15, 0.2) is 5.96 Å². The summed E-state index contributed by atoms with van der Waals surface area (Å²) in [5, 5.41) is 6.94. The summed E-state index contributed by atoms with van der Waals surface area (Å²) in [4.78, 5) is 4.01. The number of nitrogens with zero attached hydrogens (tertiary/aromatic N) is 2. The summed E-state index contributed by atoms with van der Waals surface area (Å²) in [5.41, 5.74) is 0.870. The number of unbranched alkanes of at least 4 members (excludes halogenated alkanes) is 1. The van der Waals surface area contributed by atoms with Crippen molar-refractivity contribution in [1.82, 2.24) is 15.2 Å². The highest BCUT2D eigenvalue weighted by Gasteiger charge is 2.25. The zero-order valence-corrected chi connectivity index (χ0v) is 16.6. The van der Waals surface area contributed by atoms with Crippen LogP contribution in [-0.4, -0.2) is 30.3 Å². The molecule has 0 unspecified atom stereocenters. The van der Waals surface area contributed by atoms with Gasteiger partial charge < -0.3 is 15.2 Å². The van der Waals surface area contributed by atoms with E-state index >= 15 is 0 Å². The highest BCUT2D eigenvalue weighted by atomic mass is 127. The molecule has 10 heteroatoms. The molecule has 0 aromatic carbocycles. The lowest BCUT2D eigenvalue weighted by molar-refractivity contribution is -0.135. The fraction of sp³-hybridized carbons (Fsp3) is 0.615. The molecule has 0 aliphatic carbocycles. The first-order chi connectivity index (χ1) is 10.2. The maximum atomic E-state index is 12.0. The third-order valence-electron chi connectivity index (χ3n) is 3.06. The van der Waals surface area contributed by atoms with Crippen LogP contribution in [0.2, 0.25) is 10.2 Å². The first-order valence-electron chi connectivity index (χ1n) is 6.75. The SMILES string of the molecule is CN=C(NCCCCC(F)(F)F)NCc1cc(Cl)c(Cl)n1C.I. The summed E-state index contributed by atoms with van der Waals surface area (Å²) in [7, 11) is 3.38. The lowest BCUT2D eigenvalue weighted by Crippen LogP contribution is -2.37. The van der Waals surface area contributed by atoms with Crippen molar-refractivity contribution in [3.8, 4) is 0 Å². The van der Waals surface area contributed by atoms with Crippen LogP contribution in [0.3, 0.4) is 0 Å². The maximum absolute atomic E-state index is 12.0. The van der Waals surface area contributed by atoms with Gasteiger partial charge in [-0.25, -0.2) is 0 Å². The van der Waals surface area contributed by atoms with E-state index in [9.17, 15) is 13.2 Å². The second kappa shape index (κ2) is 10.5. The Kier molecular flexibility index (Phi) is 10.3. The molecule has 1 heterocycles. The van der Waals surface area contributed by atoms with Gasteiger partial charge >= 0.3 is 6.18 Å². The van der Waals surface area contributed by atoms with Crippen molar-refractivity contribution in [2.45, 2.75) is 32.0 Å². The zero-order valence-electron chi connectivity index (χ0n) is 12.8. The minimum atomic E-state index is -4.09. The topological polar surface area (TPSA) is 41.4 Å². The number of hydrogen-bond donors (Lipinski definition) is 2. The van der Waals surface area contributed by atoms with E-state index in [-0.39, 0.29) is 30.4 Å². The second-order valence-corrected chi connectivity index (χ2v) is 5.52. The summed E-state index contributed by atoms with van der Waals surface area (Å²) >= 11 is 11.9. The second-order valence-electron chi connectivity index (χ2n) is 4.76. The molecule has 0 aliphatic heterocycles. The fourth-order valence-corrected chi connectivity index (χ4v) is 2.23. The van der Waals surface area contributed by atoms with Crippen LogP contribution < -0.4 is 10.6 Å². The predicted molar refractivity (Wildman–Crippen MR) is 99.0 cm³/mol. The number of aromatic nitrogens is 1. The fourth-order valence-electron chi connectivity index (χ4n) is 1.81. The van der Waals surface area contributed by atoms with Gasteiger partial charge in [-0.15, -0.1) is 24.0 Å². The number of hydrogen-bond acceptors (Lipinski definition) is 1. The molecule has 4 nitrogen and oxygen atoms in total. The summed E-state index contributed by atoms with van der Waals surface area (Å²) in [6, 6.07) is 1.74. The molecule has 0 saturated heterocycles. The first-order valence-corrected chi connectivity index (χ1v) is 7.51. The van der Waals surface area contributed by atoms with Gasteiger partial charge in [-0.05, 0) is 18.9 Å². The van der Waals surface area contributed by atoms with Crippen LogP contribution in [0.15, 0.2) is 11.1 Å². The number of rotatable bonds is 6. The van der Waals surface area contributed by atoms with E-state index in [0.717, 1.165) is 5.69 Å². The van der Waals surface area contributed by atoms with Crippen LogP contribution in [-0.2, 0) is 13.6 Å². The molecule has 0 fully saturated rings. The molecule has 0 saturated carbocycles. The Bertz CT molecular complexity index is 518. The van der Waals surface area contributed by atoms with Gasteiger partial charge in [-0.1, -0.05) is 23.2 Å². The van der Waals surface area contributed by atoms with Gasteiger partial charge in [0.1, 0.15) is 5.15 Å². The Morgan fingerprint density at radius 1 is 1.26 bits per heavy atom. The smallest absolute Gasteiger partial charge is 0.356 e. The third kappa shape index (κ3) is 8.35. The zero-order chi connectivity index (χ0) is 16.8. The number of alkyl halides is 3. The molecule has 1 rings (SSSR count). The van der Waals surface area contributed by atoms with Crippen molar-refractivity contribution >= 4 is 53.1 Å². The lowest BCUT2D eigenvalue weighted by atomic mass is 10.2. The van der Waals surface area contributed by atoms with Gasteiger partial charge in [0, 0.05) is 32.8 Å². The summed E-state index contributed by atoms with van der Waals surface area (Å²) in [5.74, 6) is 0.514. The standard InChI is InChI=1S/C13H19Cl2F3N4.HI/c1-19-12(20-6-4-3-5-13(16,17)18)21-8-9-7-10(14)11(15)22(9)2;/h7H,3-6,8H2,1-2H3,(H2,19,20,21);1H. The van der Waals surface area contributed by atoms with Gasteiger partial charge in [0.25, 0.3) is 0 Å². The first kappa shape index (κ1) is 22.6. The molecule has 2 N–H and O–H groups in total. The minimum Gasteiger partial charge on any atom is -0.356 e. The Balaban J connectivity index is 0.00000484. The molecule has 0 aliphatic rings.